The van der Waals surface area contributed by atoms with Crippen LogP contribution >= 0.6 is 0 Å². The standard InChI is InChI=1S/C21H34N4O/c1-4-18(3)22-21(26)25-15-13-24(14-16-25)20-7-5-19(6-8-20)23-11-9-17(2)10-12-23/h5-8,17-18H,4,9-16H2,1-3H3,(H,22,26). The van der Waals surface area contributed by atoms with Gasteiger partial charge in [0.15, 0.2) is 0 Å². The van der Waals surface area contributed by atoms with Gasteiger partial charge in [-0.05, 0) is 56.4 Å². The first-order chi connectivity index (χ1) is 12.6. The van der Waals surface area contributed by atoms with Gasteiger partial charge in [-0.25, -0.2) is 4.79 Å². The van der Waals surface area contributed by atoms with E-state index in [1.807, 2.05) is 4.90 Å². The summed E-state index contributed by atoms with van der Waals surface area (Å²) in [6.45, 7) is 12.2. The number of rotatable bonds is 4. The molecule has 3 rings (SSSR count). The van der Waals surface area contributed by atoms with Gasteiger partial charge >= 0.3 is 6.03 Å². The first kappa shape index (κ1) is 18.9. The van der Waals surface area contributed by atoms with Gasteiger partial charge in [0.05, 0.1) is 0 Å². The average molecular weight is 359 g/mol. The zero-order valence-corrected chi connectivity index (χ0v) is 16.6. The highest BCUT2D eigenvalue weighted by atomic mass is 16.2. The molecule has 1 atom stereocenters. The van der Waals surface area contributed by atoms with Gasteiger partial charge in [-0.15, -0.1) is 0 Å². The third kappa shape index (κ3) is 4.63. The van der Waals surface area contributed by atoms with Crippen molar-refractivity contribution < 1.29 is 4.79 Å². The summed E-state index contributed by atoms with van der Waals surface area (Å²) in [7, 11) is 0. The Morgan fingerprint density at radius 1 is 1.00 bits per heavy atom. The largest absolute Gasteiger partial charge is 0.372 e. The van der Waals surface area contributed by atoms with Crippen LogP contribution in [0, 0.1) is 5.92 Å². The van der Waals surface area contributed by atoms with Gasteiger partial charge in [-0.1, -0.05) is 13.8 Å². The van der Waals surface area contributed by atoms with Gasteiger partial charge < -0.3 is 20.0 Å². The fourth-order valence-electron chi connectivity index (χ4n) is 3.71. The molecule has 2 amide bonds. The van der Waals surface area contributed by atoms with Crippen molar-refractivity contribution >= 4 is 17.4 Å². The normalized spacial score (nSPS) is 20.2. The van der Waals surface area contributed by atoms with Crippen LogP contribution in [0.3, 0.4) is 0 Å². The highest BCUT2D eigenvalue weighted by Gasteiger charge is 2.22. The highest BCUT2D eigenvalue weighted by molar-refractivity contribution is 5.75. The summed E-state index contributed by atoms with van der Waals surface area (Å²) in [5.41, 5.74) is 2.60. The SMILES string of the molecule is CCC(C)NC(=O)N1CCN(c2ccc(N3CCC(C)CC3)cc2)CC1. The minimum Gasteiger partial charge on any atom is -0.372 e. The number of piperidine rings is 1. The predicted octanol–water partition coefficient (Wildman–Crippen LogP) is 3.55. The molecule has 144 valence electrons. The molecule has 0 bridgehead atoms. The zero-order chi connectivity index (χ0) is 18.5. The lowest BCUT2D eigenvalue weighted by molar-refractivity contribution is 0.191. The van der Waals surface area contributed by atoms with E-state index in [4.69, 9.17) is 0 Å². The Morgan fingerprint density at radius 3 is 2.00 bits per heavy atom. The third-order valence-corrected chi connectivity index (χ3v) is 5.91. The van der Waals surface area contributed by atoms with E-state index in [9.17, 15) is 4.79 Å². The van der Waals surface area contributed by atoms with E-state index in [1.54, 1.807) is 0 Å². The van der Waals surface area contributed by atoms with Crippen molar-refractivity contribution in [3.8, 4) is 0 Å². The number of carbonyl (C=O) groups is 1. The molecule has 1 aromatic carbocycles. The van der Waals surface area contributed by atoms with Gasteiger partial charge in [-0.3, -0.25) is 0 Å². The number of anilines is 2. The molecule has 0 saturated carbocycles. The lowest BCUT2D eigenvalue weighted by atomic mass is 9.99. The number of benzene rings is 1. The number of amides is 2. The van der Waals surface area contributed by atoms with Crippen LogP contribution < -0.4 is 15.1 Å². The molecular weight excluding hydrogens is 324 g/mol. The molecule has 26 heavy (non-hydrogen) atoms. The minimum absolute atomic E-state index is 0.0775. The lowest BCUT2D eigenvalue weighted by Crippen LogP contribution is -2.53. The van der Waals surface area contributed by atoms with Crippen molar-refractivity contribution in [3.05, 3.63) is 24.3 Å². The molecule has 2 aliphatic heterocycles. The summed E-state index contributed by atoms with van der Waals surface area (Å²) in [6.07, 6.45) is 3.55. The number of hydrogen-bond donors (Lipinski definition) is 1. The maximum atomic E-state index is 12.2. The van der Waals surface area contributed by atoms with Crippen LogP contribution in [0.4, 0.5) is 16.2 Å². The smallest absolute Gasteiger partial charge is 0.317 e. The number of piperazine rings is 1. The first-order valence-corrected chi connectivity index (χ1v) is 10.2. The van der Waals surface area contributed by atoms with Crippen LogP contribution in [0.25, 0.3) is 0 Å². The monoisotopic (exact) mass is 358 g/mol. The van der Waals surface area contributed by atoms with Crippen molar-refractivity contribution in [1.29, 1.82) is 0 Å². The molecular formula is C21H34N4O. The second-order valence-electron chi connectivity index (χ2n) is 7.92. The Kier molecular flexibility index (Phi) is 6.28. The summed E-state index contributed by atoms with van der Waals surface area (Å²) < 4.78 is 0. The van der Waals surface area contributed by atoms with E-state index in [-0.39, 0.29) is 12.1 Å². The van der Waals surface area contributed by atoms with E-state index in [1.165, 1.54) is 37.3 Å². The van der Waals surface area contributed by atoms with E-state index >= 15 is 0 Å². The molecule has 5 nitrogen and oxygen atoms in total. The maximum Gasteiger partial charge on any atom is 0.317 e. The third-order valence-electron chi connectivity index (χ3n) is 5.91. The van der Waals surface area contributed by atoms with Gasteiger partial charge in [0.25, 0.3) is 0 Å². The van der Waals surface area contributed by atoms with E-state index in [0.29, 0.717) is 0 Å². The van der Waals surface area contributed by atoms with E-state index in [2.05, 4.69) is 60.2 Å². The summed E-state index contributed by atoms with van der Waals surface area (Å²) >= 11 is 0. The summed E-state index contributed by atoms with van der Waals surface area (Å²) in [6, 6.07) is 9.31. The molecule has 1 aromatic rings. The Hall–Kier alpha value is -1.91. The Balaban J connectivity index is 1.51. The average Bonchev–Trinajstić information content (AvgIpc) is 2.68. The fraction of sp³-hybridized carbons (Fsp3) is 0.667. The summed E-state index contributed by atoms with van der Waals surface area (Å²) in [4.78, 5) is 19.1. The molecule has 0 aliphatic carbocycles. The lowest BCUT2D eigenvalue weighted by Gasteiger charge is -2.37. The second-order valence-corrected chi connectivity index (χ2v) is 7.92. The predicted molar refractivity (Wildman–Crippen MR) is 109 cm³/mol. The molecule has 1 N–H and O–H groups in total. The Bertz CT molecular complexity index is 572. The molecule has 2 heterocycles. The van der Waals surface area contributed by atoms with E-state index in [0.717, 1.165) is 38.5 Å². The number of hydrogen-bond acceptors (Lipinski definition) is 3. The van der Waals surface area contributed by atoms with Crippen LogP contribution in [0.2, 0.25) is 0 Å². The Morgan fingerprint density at radius 2 is 1.50 bits per heavy atom. The van der Waals surface area contributed by atoms with Crippen molar-refractivity contribution in [2.24, 2.45) is 5.92 Å². The zero-order valence-electron chi connectivity index (χ0n) is 16.6. The first-order valence-electron chi connectivity index (χ1n) is 10.2. The number of nitrogens with one attached hydrogen (secondary N) is 1. The van der Waals surface area contributed by atoms with Gasteiger partial charge in [-0.2, -0.15) is 0 Å². The van der Waals surface area contributed by atoms with Crippen molar-refractivity contribution in [1.82, 2.24) is 10.2 Å². The molecule has 2 aliphatic rings. The van der Waals surface area contributed by atoms with Crippen LogP contribution in [0.1, 0.15) is 40.0 Å². The fourth-order valence-corrected chi connectivity index (χ4v) is 3.71. The highest BCUT2D eigenvalue weighted by Crippen LogP contribution is 2.26. The number of nitrogens with zero attached hydrogens (tertiary/aromatic N) is 3. The van der Waals surface area contributed by atoms with Crippen LogP contribution in [0.15, 0.2) is 24.3 Å². The van der Waals surface area contributed by atoms with Gasteiger partial charge in [0, 0.05) is 56.7 Å². The van der Waals surface area contributed by atoms with Crippen LogP contribution in [0.5, 0.6) is 0 Å². The van der Waals surface area contributed by atoms with Gasteiger partial charge in [0.2, 0.25) is 0 Å². The molecule has 0 radical (unpaired) electrons. The van der Waals surface area contributed by atoms with Crippen molar-refractivity contribution in [2.75, 3.05) is 49.1 Å². The number of urea groups is 1. The Labute approximate surface area is 158 Å². The topological polar surface area (TPSA) is 38.8 Å². The van der Waals surface area contributed by atoms with Crippen LogP contribution in [-0.4, -0.2) is 56.2 Å². The molecule has 1 unspecified atom stereocenters. The molecule has 0 spiro atoms. The molecule has 2 fully saturated rings. The van der Waals surface area contributed by atoms with E-state index < -0.39 is 0 Å². The molecule has 5 heteroatoms. The van der Waals surface area contributed by atoms with Crippen LogP contribution in [-0.2, 0) is 0 Å². The summed E-state index contributed by atoms with van der Waals surface area (Å²) in [5, 5.41) is 3.06. The minimum atomic E-state index is 0.0775. The quantitative estimate of drug-likeness (QED) is 0.894. The van der Waals surface area contributed by atoms with Crippen molar-refractivity contribution in [2.45, 2.75) is 46.1 Å². The maximum absolute atomic E-state index is 12.2. The second kappa shape index (κ2) is 8.65. The molecule has 2 saturated heterocycles. The van der Waals surface area contributed by atoms with Gasteiger partial charge in [0.1, 0.15) is 0 Å². The van der Waals surface area contributed by atoms with Crippen molar-refractivity contribution in [3.63, 3.8) is 0 Å². The number of carbonyl (C=O) groups excluding carboxylic acids is 1. The summed E-state index contributed by atoms with van der Waals surface area (Å²) in [5.74, 6) is 0.860. The molecule has 0 aromatic heterocycles.